The van der Waals surface area contributed by atoms with Gasteiger partial charge in [-0.3, -0.25) is 4.98 Å². The Morgan fingerprint density at radius 1 is 1.35 bits per heavy atom. The van der Waals surface area contributed by atoms with Crippen molar-refractivity contribution in [1.82, 2.24) is 9.97 Å². The molecule has 2 aromatic heterocycles. The van der Waals surface area contributed by atoms with Crippen LogP contribution in [-0.2, 0) is 0 Å². The van der Waals surface area contributed by atoms with Crippen LogP contribution in [0.25, 0.3) is 22.6 Å². The molecule has 0 aliphatic carbocycles. The van der Waals surface area contributed by atoms with Gasteiger partial charge in [0.05, 0.1) is 11.6 Å². The average Bonchev–Trinajstić information content (AvgIpc) is 2.95. The van der Waals surface area contributed by atoms with E-state index in [9.17, 15) is 5.26 Å². The number of aromatic nitrogens is 2. The van der Waals surface area contributed by atoms with Crippen LogP contribution >= 0.6 is 15.9 Å². The molecule has 0 aliphatic heterocycles. The van der Waals surface area contributed by atoms with Gasteiger partial charge in [-0.05, 0) is 30.3 Å². The highest BCUT2D eigenvalue weighted by Gasteiger charge is 2.11. The number of pyridine rings is 1. The van der Waals surface area contributed by atoms with Crippen molar-refractivity contribution in [2.75, 3.05) is 19.0 Å². The fourth-order valence-electron chi connectivity index (χ4n) is 2.56. The minimum Gasteiger partial charge on any atom is -0.377 e. The summed E-state index contributed by atoms with van der Waals surface area (Å²) >= 11 is 3.49. The zero-order chi connectivity index (χ0) is 16.4. The molecule has 1 N–H and O–H groups in total. The summed E-state index contributed by atoms with van der Waals surface area (Å²) < 4.78 is 0.985. The number of allylic oxidation sites excluding steroid dienone is 1. The highest BCUT2D eigenvalue weighted by atomic mass is 79.9. The predicted molar refractivity (Wildman–Crippen MR) is 98.0 cm³/mol. The molecule has 0 aliphatic rings. The quantitative estimate of drug-likeness (QED) is 0.696. The molecule has 0 atom stereocenters. The monoisotopic (exact) mass is 366 g/mol. The number of hydrogen-bond donors (Lipinski definition) is 1. The molecule has 0 amide bonds. The van der Waals surface area contributed by atoms with Crippen LogP contribution in [0.5, 0.6) is 0 Å². The van der Waals surface area contributed by atoms with Crippen molar-refractivity contribution >= 4 is 44.2 Å². The number of rotatable bonds is 3. The van der Waals surface area contributed by atoms with Gasteiger partial charge in [0.1, 0.15) is 0 Å². The van der Waals surface area contributed by atoms with E-state index in [1.165, 1.54) is 0 Å². The second-order valence-electron chi connectivity index (χ2n) is 5.39. The highest BCUT2D eigenvalue weighted by Crippen LogP contribution is 2.30. The molecule has 0 radical (unpaired) electrons. The molecule has 0 saturated heterocycles. The molecule has 0 saturated carbocycles. The smallest absolute Gasteiger partial charge is 0.0999 e. The van der Waals surface area contributed by atoms with Gasteiger partial charge in [-0.15, -0.1) is 0 Å². The molecule has 0 fully saturated rings. The molecule has 3 aromatic rings. The van der Waals surface area contributed by atoms with Gasteiger partial charge >= 0.3 is 0 Å². The lowest BCUT2D eigenvalue weighted by Crippen LogP contribution is -2.10. The number of aromatic amines is 1. The molecular formula is C18H15BrN4. The van der Waals surface area contributed by atoms with E-state index in [1.54, 1.807) is 12.4 Å². The Balaban J connectivity index is 2.16. The van der Waals surface area contributed by atoms with E-state index in [-0.39, 0.29) is 0 Å². The minimum atomic E-state index is 0.602. The van der Waals surface area contributed by atoms with Gasteiger partial charge in [-0.25, -0.2) is 0 Å². The first-order valence-corrected chi connectivity index (χ1v) is 7.89. The van der Waals surface area contributed by atoms with Gasteiger partial charge in [0, 0.05) is 64.9 Å². The number of anilines is 1. The Hall–Kier alpha value is -2.58. The highest BCUT2D eigenvalue weighted by molar-refractivity contribution is 9.10. The summed E-state index contributed by atoms with van der Waals surface area (Å²) in [7, 11) is 3.95. The minimum absolute atomic E-state index is 0.602. The van der Waals surface area contributed by atoms with Gasteiger partial charge in [-0.1, -0.05) is 15.9 Å². The van der Waals surface area contributed by atoms with Crippen LogP contribution in [0.1, 0.15) is 11.1 Å². The third kappa shape index (κ3) is 2.99. The summed E-state index contributed by atoms with van der Waals surface area (Å²) in [5, 5.41) is 10.7. The first-order valence-electron chi connectivity index (χ1n) is 7.10. The summed E-state index contributed by atoms with van der Waals surface area (Å²) in [4.78, 5) is 9.40. The normalized spacial score (nSPS) is 11.5. The topological polar surface area (TPSA) is 55.7 Å². The molecule has 2 heterocycles. The van der Waals surface area contributed by atoms with Crippen LogP contribution in [0, 0.1) is 11.3 Å². The van der Waals surface area contributed by atoms with Crippen LogP contribution in [0.2, 0.25) is 0 Å². The van der Waals surface area contributed by atoms with Gasteiger partial charge in [-0.2, -0.15) is 5.26 Å². The van der Waals surface area contributed by atoms with E-state index in [0.29, 0.717) is 5.57 Å². The van der Waals surface area contributed by atoms with Crippen LogP contribution in [0.3, 0.4) is 0 Å². The number of fused-ring (bicyclic) bond motifs is 1. The first-order chi connectivity index (χ1) is 11.1. The molecule has 0 unspecified atom stereocenters. The Kier molecular flexibility index (Phi) is 4.18. The molecule has 0 spiro atoms. The van der Waals surface area contributed by atoms with Crippen LogP contribution in [-0.4, -0.2) is 24.1 Å². The zero-order valence-corrected chi connectivity index (χ0v) is 14.4. The van der Waals surface area contributed by atoms with Crippen molar-refractivity contribution in [1.29, 1.82) is 5.26 Å². The maximum absolute atomic E-state index is 9.64. The van der Waals surface area contributed by atoms with E-state index in [2.05, 4.69) is 32.0 Å². The Bertz CT molecular complexity index is 932. The third-order valence-electron chi connectivity index (χ3n) is 3.66. The SMILES string of the molecule is CN(C)c1ccncc1C=C(C#N)c1c[nH]c2ccc(Br)cc12. The average molecular weight is 367 g/mol. The van der Waals surface area contributed by atoms with Crippen molar-refractivity contribution in [2.24, 2.45) is 0 Å². The van der Waals surface area contributed by atoms with Gasteiger partial charge in [0.25, 0.3) is 0 Å². The lowest BCUT2D eigenvalue weighted by atomic mass is 10.0. The summed E-state index contributed by atoms with van der Waals surface area (Å²) in [5.41, 5.74) is 4.43. The largest absolute Gasteiger partial charge is 0.377 e. The first kappa shape index (κ1) is 15.3. The maximum Gasteiger partial charge on any atom is 0.0999 e. The molecule has 4 nitrogen and oxygen atoms in total. The fraction of sp³-hybridized carbons (Fsp3) is 0.111. The Labute approximate surface area is 143 Å². The zero-order valence-electron chi connectivity index (χ0n) is 12.8. The fourth-order valence-corrected chi connectivity index (χ4v) is 2.92. The number of nitrogens with zero attached hydrogens (tertiary/aromatic N) is 3. The molecule has 114 valence electrons. The van der Waals surface area contributed by atoms with E-state index in [4.69, 9.17) is 0 Å². The van der Waals surface area contributed by atoms with Crippen molar-refractivity contribution in [3.8, 4) is 6.07 Å². The lowest BCUT2D eigenvalue weighted by molar-refractivity contribution is 1.11. The molecule has 5 heteroatoms. The molecule has 0 bridgehead atoms. The molecular weight excluding hydrogens is 352 g/mol. The number of H-pyrrole nitrogens is 1. The predicted octanol–water partition coefficient (Wildman–Crippen LogP) is 4.46. The van der Waals surface area contributed by atoms with Crippen molar-refractivity contribution in [3.63, 3.8) is 0 Å². The van der Waals surface area contributed by atoms with E-state index in [1.807, 2.05) is 55.5 Å². The summed E-state index contributed by atoms with van der Waals surface area (Å²) in [6.45, 7) is 0. The van der Waals surface area contributed by atoms with Crippen LogP contribution in [0.15, 0.2) is 47.3 Å². The van der Waals surface area contributed by atoms with Crippen molar-refractivity contribution < 1.29 is 0 Å². The second kappa shape index (κ2) is 6.27. The van der Waals surface area contributed by atoms with Crippen molar-refractivity contribution in [3.05, 3.63) is 58.5 Å². The van der Waals surface area contributed by atoms with Crippen LogP contribution < -0.4 is 4.90 Å². The van der Waals surface area contributed by atoms with Gasteiger partial charge in [0.2, 0.25) is 0 Å². The van der Waals surface area contributed by atoms with Gasteiger partial charge in [0.15, 0.2) is 0 Å². The van der Waals surface area contributed by atoms with Crippen molar-refractivity contribution in [2.45, 2.75) is 0 Å². The van der Waals surface area contributed by atoms with Crippen LogP contribution in [0.4, 0.5) is 5.69 Å². The maximum atomic E-state index is 9.64. The molecule has 3 rings (SSSR count). The number of nitriles is 1. The summed E-state index contributed by atoms with van der Waals surface area (Å²) in [6.07, 6.45) is 7.28. The van der Waals surface area contributed by atoms with Gasteiger partial charge < -0.3 is 9.88 Å². The van der Waals surface area contributed by atoms with E-state index in [0.717, 1.165) is 32.2 Å². The summed E-state index contributed by atoms with van der Waals surface area (Å²) in [6, 6.07) is 10.2. The van der Waals surface area contributed by atoms with E-state index >= 15 is 0 Å². The number of nitrogens with one attached hydrogen (secondary N) is 1. The lowest BCUT2D eigenvalue weighted by Gasteiger charge is -2.15. The molecule has 1 aromatic carbocycles. The number of hydrogen-bond acceptors (Lipinski definition) is 3. The molecule has 23 heavy (non-hydrogen) atoms. The summed E-state index contributed by atoms with van der Waals surface area (Å²) in [5.74, 6) is 0. The number of benzene rings is 1. The number of halogens is 1. The van der Waals surface area contributed by atoms with E-state index < -0.39 is 0 Å². The second-order valence-corrected chi connectivity index (χ2v) is 6.31. The standard InChI is InChI=1S/C18H15BrN4/c1-23(2)18-5-6-21-10-13(18)7-12(9-20)16-11-22-17-4-3-14(19)8-15(16)17/h3-8,10-11,22H,1-2H3. The Morgan fingerprint density at radius 2 is 2.17 bits per heavy atom. The third-order valence-corrected chi connectivity index (χ3v) is 4.16. The Morgan fingerprint density at radius 3 is 2.91 bits per heavy atom.